The molecule has 0 bridgehead atoms. The molecular formula is C13H12ClN. The summed E-state index contributed by atoms with van der Waals surface area (Å²) in [5.41, 5.74) is 10.1. The number of rotatable bonds is 1. The standard InChI is InChI=1S/C13H12ClN/c1-9-4-2-3-5-11(9)12-7-6-10(14)8-13(12)15/h2-8H,15H2,1H3. The summed E-state index contributed by atoms with van der Waals surface area (Å²) in [7, 11) is 0. The highest BCUT2D eigenvalue weighted by atomic mass is 35.5. The molecule has 2 aromatic carbocycles. The Kier molecular flexibility index (Phi) is 2.65. The Balaban J connectivity index is 2.60. The maximum absolute atomic E-state index is 5.94. The van der Waals surface area contributed by atoms with E-state index in [9.17, 15) is 0 Å². The molecule has 0 saturated carbocycles. The zero-order valence-electron chi connectivity index (χ0n) is 8.50. The third kappa shape index (κ3) is 1.97. The summed E-state index contributed by atoms with van der Waals surface area (Å²) in [6.45, 7) is 2.07. The molecule has 0 aromatic heterocycles. The highest BCUT2D eigenvalue weighted by Gasteiger charge is 2.04. The van der Waals surface area contributed by atoms with E-state index in [4.69, 9.17) is 17.3 Å². The summed E-state index contributed by atoms with van der Waals surface area (Å²) in [5.74, 6) is 0. The minimum absolute atomic E-state index is 0.671. The number of hydrogen-bond donors (Lipinski definition) is 1. The summed E-state index contributed by atoms with van der Waals surface area (Å²) >= 11 is 5.86. The average Bonchev–Trinajstić information content (AvgIpc) is 2.20. The van der Waals surface area contributed by atoms with Crippen molar-refractivity contribution in [1.29, 1.82) is 0 Å². The van der Waals surface area contributed by atoms with Crippen molar-refractivity contribution in [3.05, 3.63) is 53.1 Å². The van der Waals surface area contributed by atoms with Gasteiger partial charge in [-0.05, 0) is 30.2 Å². The number of nitrogens with two attached hydrogens (primary N) is 1. The first-order valence-electron chi connectivity index (χ1n) is 4.79. The van der Waals surface area contributed by atoms with Crippen LogP contribution in [0.25, 0.3) is 11.1 Å². The molecule has 0 aliphatic heterocycles. The van der Waals surface area contributed by atoms with Crippen molar-refractivity contribution in [2.24, 2.45) is 0 Å². The zero-order valence-corrected chi connectivity index (χ0v) is 9.25. The Bertz CT molecular complexity index is 492. The molecule has 0 radical (unpaired) electrons. The molecule has 15 heavy (non-hydrogen) atoms. The van der Waals surface area contributed by atoms with Gasteiger partial charge in [-0.2, -0.15) is 0 Å². The SMILES string of the molecule is Cc1ccccc1-c1ccc(Cl)cc1N. The van der Waals surface area contributed by atoms with Gasteiger partial charge >= 0.3 is 0 Å². The Morgan fingerprint density at radius 1 is 1.00 bits per heavy atom. The Morgan fingerprint density at radius 3 is 2.40 bits per heavy atom. The number of anilines is 1. The molecule has 0 spiro atoms. The lowest BCUT2D eigenvalue weighted by atomic mass is 9.99. The Morgan fingerprint density at radius 2 is 1.73 bits per heavy atom. The van der Waals surface area contributed by atoms with Crippen LogP contribution >= 0.6 is 11.6 Å². The second kappa shape index (κ2) is 3.95. The van der Waals surface area contributed by atoms with Crippen molar-refractivity contribution in [3.8, 4) is 11.1 Å². The summed E-state index contributed by atoms with van der Waals surface area (Å²) in [5, 5.41) is 0.671. The number of hydrogen-bond acceptors (Lipinski definition) is 1. The molecule has 2 rings (SSSR count). The quantitative estimate of drug-likeness (QED) is 0.721. The molecule has 0 atom stereocenters. The van der Waals surface area contributed by atoms with E-state index in [0.29, 0.717) is 5.02 Å². The summed E-state index contributed by atoms with van der Waals surface area (Å²) < 4.78 is 0. The van der Waals surface area contributed by atoms with Crippen LogP contribution in [0, 0.1) is 6.92 Å². The first-order chi connectivity index (χ1) is 7.18. The van der Waals surface area contributed by atoms with Crippen LogP contribution in [0.2, 0.25) is 5.02 Å². The molecule has 0 saturated heterocycles. The van der Waals surface area contributed by atoms with E-state index in [0.717, 1.165) is 16.8 Å². The van der Waals surface area contributed by atoms with Crippen LogP contribution < -0.4 is 5.73 Å². The first kappa shape index (κ1) is 10.1. The molecule has 2 N–H and O–H groups in total. The van der Waals surface area contributed by atoms with E-state index >= 15 is 0 Å². The van der Waals surface area contributed by atoms with Crippen LogP contribution in [0.5, 0.6) is 0 Å². The van der Waals surface area contributed by atoms with Gasteiger partial charge in [0.15, 0.2) is 0 Å². The second-order valence-corrected chi connectivity index (χ2v) is 3.98. The Labute approximate surface area is 94.5 Å². The number of nitrogen functional groups attached to an aromatic ring is 1. The molecule has 0 unspecified atom stereocenters. The first-order valence-corrected chi connectivity index (χ1v) is 5.17. The second-order valence-electron chi connectivity index (χ2n) is 3.55. The van der Waals surface area contributed by atoms with Crippen molar-refractivity contribution in [1.82, 2.24) is 0 Å². The fourth-order valence-electron chi connectivity index (χ4n) is 1.65. The molecule has 0 amide bonds. The predicted molar refractivity (Wildman–Crippen MR) is 66.0 cm³/mol. The van der Waals surface area contributed by atoms with Gasteiger partial charge in [-0.15, -0.1) is 0 Å². The molecule has 0 aliphatic rings. The number of aryl methyl sites for hydroxylation is 1. The zero-order chi connectivity index (χ0) is 10.8. The predicted octanol–water partition coefficient (Wildman–Crippen LogP) is 3.90. The van der Waals surface area contributed by atoms with E-state index in [-0.39, 0.29) is 0 Å². The van der Waals surface area contributed by atoms with Gasteiger partial charge in [0.1, 0.15) is 0 Å². The summed E-state index contributed by atoms with van der Waals surface area (Å²) in [6.07, 6.45) is 0. The van der Waals surface area contributed by atoms with E-state index in [1.807, 2.05) is 24.3 Å². The van der Waals surface area contributed by atoms with Crippen molar-refractivity contribution >= 4 is 17.3 Å². The third-order valence-electron chi connectivity index (χ3n) is 2.45. The van der Waals surface area contributed by atoms with Gasteiger partial charge < -0.3 is 5.73 Å². The van der Waals surface area contributed by atoms with Gasteiger partial charge in [-0.25, -0.2) is 0 Å². The van der Waals surface area contributed by atoms with Crippen LogP contribution in [0.3, 0.4) is 0 Å². The summed E-state index contributed by atoms with van der Waals surface area (Å²) in [4.78, 5) is 0. The van der Waals surface area contributed by atoms with Gasteiger partial charge in [0.05, 0.1) is 0 Å². The molecular weight excluding hydrogens is 206 g/mol. The fraction of sp³-hybridized carbons (Fsp3) is 0.0769. The van der Waals surface area contributed by atoms with Crippen molar-refractivity contribution in [3.63, 3.8) is 0 Å². The van der Waals surface area contributed by atoms with Crippen LogP contribution in [0.4, 0.5) is 5.69 Å². The van der Waals surface area contributed by atoms with Gasteiger partial charge in [0.25, 0.3) is 0 Å². The molecule has 0 heterocycles. The minimum Gasteiger partial charge on any atom is -0.398 e. The van der Waals surface area contributed by atoms with Gasteiger partial charge in [0.2, 0.25) is 0 Å². The lowest BCUT2D eigenvalue weighted by Crippen LogP contribution is -1.91. The molecule has 0 aliphatic carbocycles. The molecule has 76 valence electrons. The Hall–Kier alpha value is -1.47. The van der Waals surface area contributed by atoms with E-state index in [2.05, 4.69) is 19.1 Å². The average molecular weight is 218 g/mol. The monoisotopic (exact) mass is 217 g/mol. The van der Waals surface area contributed by atoms with Crippen molar-refractivity contribution < 1.29 is 0 Å². The highest BCUT2D eigenvalue weighted by Crippen LogP contribution is 2.30. The van der Waals surface area contributed by atoms with Crippen LogP contribution in [0.1, 0.15) is 5.56 Å². The van der Waals surface area contributed by atoms with E-state index in [1.54, 1.807) is 6.07 Å². The van der Waals surface area contributed by atoms with E-state index in [1.165, 1.54) is 5.56 Å². The molecule has 0 fully saturated rings. The lowest BCUT2D eigenvalue weighted by Gasteiger charge is -2.08. The van der Waals surface area contributed by atoms with Crippen molar-refractivity contribution in [2.45, 2.75) is 6.92 Å². The van der Waals surface area contributed by atoms with Crippen LogP contribution in [0.15, 0.2) is 42.5 Å². The number of halogens is 1. The normalized spacial score (nSPS) is 10.3. The maximum Gasteiger partial charge on any atom is 0.0426 e. The maximum atomic E-state index is 5.94. The smallest absolute Gasteiger partial charge is 0.0426 e. The number of benzene rings is 2. The highest BCUT2D eigenvalue weighted by molar-refractivity contribution is 6.31. The molecule has 2 heteroatoms. The van der Waals surface area contributed by atoms with Gasteiger partial charge in [-0.1, -0.05) is 41.9 Å². The van der Waals surface area contributed by atoms with Crippen LogP contribution in [-0.4, -0.2) is 0 Å². The van der Waals surface area contributed by atoms with Gasteiger partial charge in [-0.3, -0.25) is 0 Å². The molecule has 2 aromatic rings. The lowest BCUT2D eigenvalue weighted by molar-refractivity contribution is 1.46. The van der Waals surface area contributed by atoms with Crippen LogP contribution in [-0.2, 0) is 0 Å². The molecule has 1 nitrogen and oxygen atoms in total. The van der Waals surface area contributed by atoms with Gasteiger partial charge in [0, 0.05) is 16.3 Å². The largest absolute Gasteiger partial charge is 0.398 e. The third-order valence-corrected chi connectivity index (χ3v) is 2.68. The topological polar surface area (TPSA) is 26.0 Å². The summed E-state index contributed by atoms with van der Waals surface area (Å²) in [6, 6.07) is 13.8. The van der Waals surface area contributed by atoms with Crippen molar-refractivity contribution in [2.75, 3.05) is 5.73 Å². The fourth-order valence-corrected chi connectivity index (χ4v) is 1.83. The van der Waals surface area contributed by atoms with E-state index < -0.39 is 0 Å². The minimum atomic E-state index is 0.671.